The molecule has 2 aromatic rings. The molecule has 1 N–H and O–H groups in total. The molecule has 1 aromatic heterocycles. The summed E-state index contributed by atoms with van der Waals surface area (Å²) in [5.41, 5.74) is 1.03. The van der Waals surface area contributed by atoms with Gasteiger partial charge in [0.2, 0.25) is 5.91 Å². The quantitative estimate of drug-likeness (QED) is 0.819. The summed E-state index contributed by atoms with van der Waals surface area (Å²) >= 11 is 1.72. The van der Waals surface area contributed by atoms with E-state index in [1.54, 1.807) is 18.4 Å². The molecule has 0 radical (unpaired) electrons. The van der Waals surface area contributed by atoms with E-state index in [1.165, 1.54) is 0 Å². The Morgan fingerprint density at radius 2 is 2.12 bits per heavy atom. The molecule has 6 nitrogen and oxygen atoms in total. The van der Waals surface area contributed by atoms with Crippen molar-refractivity contribution in [2.24, 2.45) is 0 Å². The first-order chi connectivity index (χ1) is 12.2. The normalized spacial score (nSPS) is 15.5. The van der Waals surface area contributed by atoms with Crippen molar-refractivity contribution in [3.63, 3.8) is 0 Å². The van der Waals surface area contributed by atoms with E-state index in [0.717, 1.165) is 66.8 Å². The van der Waals surface area contributed by atoms with Gasteiger partial charge in [-0.3, -0.25) is 9.69 Å². The topological polar surface area (TPSA) is 57.7 Å². The number of fused-ring (bicyclic) bond motifs is 1. The van der Waals surface area contributed by atoms with Crippen LogP contribution >= 0.6 is 11.3 Å². The molecule has 0 aliphatic carbocycles. The molecule has 1 aliphatic rings. The number of hydrogen-bond acceptors (Lipinski definition) is 6. The Morgan fingerprint density at radius 3 is 2.84 bits per heavy atom. The first-order valence-corrected chi connectivity index (χ1v) is 9.70. The summed E-state index contributed by atoms with van der Waals surface area (Å²) in [7, 11) is 1.69. The third kappa shape index (κ3) is 4.61. The number of piperazine rings is 1. The number of ether oxygens (including phenoxy) is 1. The molecule has 2 heterocycles. The van der Waals surface area contributed by atoms with Crippen molar-refractivity contribution in [1.29, 1.82) is 0 Å². The van der Waals surface area contributed by atoms with Crippen molar-refractivity contribution in [3.05, 3.63) is 18.2 Å². The van der Waals surface area contributed by atoms with Gasteiger partial charge in [-0.1, -0.05) is 18.3 Å². The molecule has 7 heteroatoms. The molecule has 0 spiro atoms. The second-order valence-corrected chi connectivity index (χ2v) is 7.27. The lowest BCUT2D eigenvalue weighted by Crippen LogP contribution is -2.48. The lowest BCUT2D eigenvalue weighted by atomic mass is 10.3. The number of methoxy groups -OCH3 is 1. The second-order valence-electron chi connectivity index (χ2n) is 6.26. The molecule has 1 fully saturated rings. The molecular weight excluding hydrogens is 336 g/mol. The highest BCUT2D eigenvalue weighted by Crippen LogP contribution is 2.31. The van der Waals surface area contributed by atoms with E-state index in [1.807, 2.05) is 25.1 Å². The summed E-state index contributed by atoms with van der Waals surface area (Å²) < 4.78 is 6.45. The maximum Gasteiger partial charge on any atom is 0.220 e. The van der Waals surface area contributed by atoms with Crippen LogP contribution in [0.25, 0.3) is 10.2 Å². The molecule has 0 atom stereocenters. The van der Waals surface area contributed by atoms with Crippen molar-refractivity contribution in [3.8, 4) is 5.75 Å². The third-order valence-corrected chi connectivity index (χ3v) is 5.53. The zero-order valence-electron chi connectivity index (χ0n) is 15.0. The first-order valence-electron chi connectivity index (χ1n) is 8.88. The van der Waals surface area contributed by atoms with Crippen LogP contribution in [0.5, 0.6) is 5.75 Å². The Morgan fingerprint density at radius 1 is 1.32 bits per heavy atom. The molecule has 1 aliphatic heterocycles. The molecule has 25 heavy (non-hydrogen) atoms. The van der Waals surface area contributed by atoms with Gasteiger partial charge in [0.05, 0.1) is 17.3 Å². The van der Waals surface area contributed by atoms with E-state index in [9.17, 15) is 4.79 Å². The third-order valence-electron chi connectivity index (χ3n) is 4.45. The average Bonchev–Trinajstić information content (AvgIpc) is 3.05. The van der Waals surface area contributed by atoms with Crippen LogP contribution in [-0.4, -0.2) is 62.2 Å². The zero-order valence-corrected chi connectivity index (χ0v) is 15.8. The van der Waals surface area contributed by atoms with Crippen molar-refractivity contribution in [1.82, 2.24) is 15.2 Å². The maximum atomic E-state index is 11.5. The number of amides is 1. The maximum absolute atomic E-state index is 11.5. The van der Waals surface area contributed by atoms with E-state index in [4.69, 9.17) is 9.72 Å². The Kier molecular flexibility index (Phi) is 6.09. The van der Waals surface area contributed by atoms with Gasteiger partial charge in [0, 0.05) is 45.7 Å². The van der Waals surface area contributed by atoms with Gasteiger partial charge in [0.25, 0.3) is 0 Å². The largest absolute Gasteiger partial charge is 0.497 e. The lowest BCUT2D eigenvalue weighted by Gasteiger charge is -2.34. The number of nitrogens with zero attached hydrogens (tertiary/aromatic N) is 3. The van der Waals surface area contributed by atoms with E-state index in [2.05, 4.69) is 15.1 Å². The van der Waals surface area contributed by atoms with Crippen LogP contribution in [0.1, 0.15) is 19.8 Å². The Hall–Kier alpha value is -1.86. The zero-order chi connectivity index (χ0) is 17.6. The molecule has 0 unspecified atom stereocenters. The second kappa shape index (κ2) is 8.49. The average molecular weight is 362 g/mol. The Labute approximate surface area is 152 Å². The van der Waals surface area contributed by atoms with Gasteiger partial charge in [-0.15, -0.1) is 0 Å². The first kappa shape index (κ1) is 17.9. The molecule has 1 saturated heterocycles. The van der Waals surface area contributed by atoms with E-state index < -0.39 is 0 Å². The van der Waals surface area contributed by atoms with Crippen LogP contribution in [0.4, 0.5) is 5.13 Å². The minimum absolute atomic E-state index is 0.158. The van der Waals surface area contributed by atoms with Crippen LogP contribution in [0.2, 0.25) is 0 Å². The summed E-state index contributed by atoms with van der Waals surface area (Å²) in [5, 5.41) is 4.07. The van der Waals surface area contributed by atoms with Crippen molar-refractivity contribution in [2.75, 3.05) is 51.3 Å². The van der Waals surface area contributed by atoms with Crippen molar-refractivity contribution in [2.45, 2.75) is 19.8 Å². The number of carbonyl (C=O) groups excluding carboxylic acids is 1. The van der Waals surface area contributed by atoms with Crippen molar-refractivity contribution >= 4 is 32.6 Å². The molecule has 1 aromatic carbocycles. The Balaban J connectivity index is 1.49. The van der Waals surface area contributed by atoms with Gasteiger partial charge in [0.15, 0.2) is 5.13 Å². The van der Waals surface area contributed by atoms with Gasteiger partial charge in [-0.2, -0.15) is 0 Å². The number of anilines is 1. The van der Waals surface area contributed by atoms with Crippen molar-refractivity contribution < 1.29 is 9.53 Å². The predicted molar refractivity (Wildman–Crippen MR) is 103 cm³/mol. The summed E-state index contributed by atoms with van der Waals surface area (Å²) in [5.74, 6) is 1.03. The lowest BCUT2D eigenvalue weighted by molar-refractivity contribution is -0.121. The number of benzene rings is 1. The number of hydrogen-bond donors (Lipinski definition) is 1. The minimum Gasteiger partial charge on any atom is -0.497 e. The molecule has 0 saturated carbocycles. The number of carbonyl (C=O) groups is 1. The smallest absolute Gasteiger partial charge is 0.220 e. The van der Waals surface area contributed by atoms with Crippen LogP contribution in [0, 0.1) is 0 Å². The summed E-state index contributed by atoms with van der Waals surface area (Å²) in [6, 6.07) is 6.02. The fourth-order valence-corrected chi connectivity index (χ4v) is 4.03. The van der Waals surface area contributed by atoms with Gasteiger partial charge in [0.1, 0.15) is 5.75 Å². The highest BCUT2D eigenvalue weighted by molar-refractivity contribution is 7.22. The summed E-state index contributed by atoms with van der Waals surface area (Å²) in [4.78, 5) is 21.0. The standard InChI is InChI=1S/C18H26N4O2S/c1-3-4-17(23)19-7-8-21-9-11-22(12-10-21)18-20-15-6-5-14(24-2)13-16(15)25-18/h5-6,13H,3-4,7-12H2,1-2H3,(H,19,23). The molecule has 136 valence electrons. The van der Waals surface area contributed by atoms with E-state index in [0.29, 0.717) is 6.42 Å². The summed E-state index contributed by atoms with van der Waals surface area (Å²) in [6.07, 6.45) is 1.52. The van der Waals surface area contributed by atoms with Crippen LogP contribution < -0.4 is 15.0 Å². The molecule has 1 amide bonds. The number of rotatable bonds is 7. The highest BCUT2D eigenvalue weighted by atomic mass is 32.1. The molecule has 0 bridgehead atoms. The fraction of sp³-hybridized carbons (Fsp3) is 0.556. The predicted octanol–water partition coefficient (Wildman–Crippen LogP) is 2.34. The van der Waals surface area contributed by atoms with Crippen LogP contribution in [0.15, 0.2) is 18.2 Å². The fourth-order valence-electron chi connectivity index (χ4n) is 2.99. The summed E-state index contributed by atoms with van der Waals surface area (Å²) in [6.45, 7) is 7.63. The number of nitrogens with one attached hydrogen (secondary N) is 1. The van der Waals surface area contributed by atoms with Crippen LogP contribution in [0.3, 0.4) is 0 Å². The van der Waals surface area contributed by atoms with Gasteiger partial charge < -0.3 is 15.0 Å². The number of aromatic nitrogens is 1. The molecule has 3 rings (SSSR count). The SMILES string of the molecule is CCCC(=O)NCCN1CCN(c2nc3ccc(OC)cc3s2)CC1. The number of thiazole rings is 1. The van der Waals surface area contributed by atoms with Gasteiger partial charge in [-0.05, 0) is 24.6 Å². The van der Waals surface area contributed by atoms with Crippen LogP contribution in [-0.2, 0) is 4.79 Å². The highest BCUT2D eigenvalue weighted by Gasteiger charge is 2.19. The monoisotopic (exact) mass is 362 g/mol. The van der Waals surface area contributed by atoms with Gasteiger partial charge in [-0.25, -0.2) is 4.98 Å². The minimum atomic E-state index is 0.158. The Bertz CT molecular complexity index is 710. The molecular formula is C18H26N4O2S. The van der Waals surface area contributed by atoms with Gasteiger partial charge >= 0.3 is 0 Å². The van der Waals surface area contributed by atoms with E-state index >= 15 is 0 Å². The van der Waals surface area contributed by atoms with E-state index in [-0.39, 0.29) is 5.91 Å².